The minimum Gasteiger partial charge on any atom is -0.464 e. The van der Waals surface area contributed by atoms with E-state index in [9.17, 15) is 9.59 Å². The Bertz CT molecular complexity index is 490. The van der Waals surface area contributed by atoms with Crippen molar-refractivity contribution in [1.29, 1.82) is 0 Å². The zero-order chi connectivity index (χ0) is 13.1. The number of hydrogen-bond donors (Lipinski definition) is 2. The lowest BCUT2D eigenvalue weighted by Gasteiger charge is -2.25. The molecule has 1 aliphatic heterocycles. The Morgan fingerprint density at radius 3 is 3.00 bits per heavy atom. The Labute approximate surface area is 109 Å². The second kappa shape index (κ2) is 5.41. The molecule has 6 heteroatoms. The van der Waals surface area contributed by atoms with Gasteiger partial charge in [0.15, 0.2) is 0 Å². The van der Waals surface area contributed by atoms with Gasteiger partial charge in [0, 0.05) is 4.90 Å². The van der Waals surface area contributed by atoms with Crippen LogP contribution in [0.15, 0.2) is 23.1 Å². The maximum absolute atomic E-state index is 11.6. The van der Waals surface area contributed by atoms with Crippen LogP contribution < -0.4 is 10.2 Å². The van der Waals surface area contributed by atoms with Gasteiger partial charge in [-0.15, -0.1) is 11.8 Å². The molecule has 0 atom stereocenters. The van der Waals surface area contributed by atoms with Crippen LogP contribution in [0, 0.1) is 0 Å². The Morgan fingerprint density at radius 1 is 1.56 bits per heavy atom. The summed E-state index contributed by atoms with van der Waals surface area (Å²) in [5.74, 6) is -0.208. The van der Waals surface area contributed by atoms with E-state index >= 15 is 0 Å². The molecule has 1 heterocycles. The number of benzene rings is 1. The number of rotatable bonds is 3. The summed E-state index contributed by atoms with van der Waals surface area (Å²) in [5, 5.41) is 12.1. The topological polar surface area (TPSA) is 69.6 Å². The van der Waals surface area contributed by atoms with Gasteiger partial charge in [0.25, 0.3) is 0 Å². The number of carbonyl (C=O) groups excluding carboxylic acids is 1. The molecule has 0 saturated heterocycles. The van der Waals surface area contributed by atoms with Crippen molar-refractivity contribution in [2.75, 3.05) is 24.2 Å². The highest BCUT2D eigenvalue weighted by Crippen LogP contribution is 2.36. The summed E-state index contributed by atoms with van der Waals surface area (Å²) >= 11 is 1.38. The van der Waals surface area contributed by atoms with Crippen molar-refractivity contribution in [2.24, 2.45) is 0 Å². The number of anilines is 1. The highest BCUT2D eigenvalue weighted by molar-refractivity contribution is 8.00. The van der Waals surface area contributed by atoms with Gasteiger partial charge in [0.05, 0.1) is 11.4 Å². The monoisotopic (exact) mass is 266 g/mol. The molecular formula is C12H14N2O3S. The first-order valence-electron chi connectivity index (χ1n) is 5.59. The molecule has 0 fully saturated rings. The van der Waals surface area contributed by atoms with Crippen LogP contribution in [-0.2, 0) is 11.2 Å². The third-order valence-electron chi connectivity index (χ3n) is 2.72. The Hall–Kier alpha value is -1.53. The highest BCUT2D eigenvalue weighted by atomic mass is 32.2. The van der Waals surface area contributed by atoms with Gasteiger partial charge in [-0.25, -0.2) is 9.69 Å². The molecule has 0 radical (unpaired) electrons. The molecule has 2 N–H and O–H groups in total. The lowest BCUT2D eigenvalue weighted by Crippen LogP contribution is -2.39. The first-order valence-corrected chi connectivity index (χ1v) is 6.58. The van der Waals surface area contributed by atoms with Crippen LogP contribution in [0.25, 0.3) is 0 Å². The van der Waals surface area contributed by atoms with E-state index in [1.807, 2.05) is 19.2 Å². The molecule has 0 unspecified atom stereocenters. The molecule has 2 amide bonds. The van der Waals surface area contributed by atoms with Crippen LogP contribution in [0.3, 0.4) is 0 Å². The molecule has 2 rings (SSSR count). The third-order valence-corrected chi connectivity index (χ3v) is 3.77. The van der Waals surface area contributed by atoms with Crippen molar-refractivity contribution in [1.82, 2.24) is 5.32 Å². The van der Waals surface area contributed by atoms with Gasteiger partial charge in [-0.3, -0.25) is 4.79 Å². The summed E-state index contributed by atoms with van der Waals surface area (Å²) in [6, 6.07) is 5.64. The number of likely N-dealkylation sites (N-methyl/N-ethyl adjacent to an activating group) is 1. The molecule has 1 aromatic carbocycles. The Kier molecular flexibility index (Phi) is 3.88. The number of fused-ring (bicyclic) bond motifs is 1. The molecule has 18 heavy (non-hydrogen) atoms. The van der Waals surface area contributed by atoms with E-state index in [1.54, 1.807) is 6.07 Å². The quantitative estimate of drug-likeness (QED) is 0.869. The predicted molar refractivity (Wildman–Crippen MR) is 70.3 cm³/mol. The van der Waals surface area contributed by atoms with Crippen LogP contribution in [0.1, 0.15) is 5.56 Å². The second-order valence-electron chi connectivity index (χ2n) is 3.96. The maximum Gasteiger partial charge on any atom is 0.418 e. The van der Waals surface area contributed by atoms with Crippen LogP contribution in [0.5, 0.6) is 0 Å². The Morgan fingerprint density at radius 2 is 2.33 bits per heavy atom. The number of nitrogens with zero attached hydrogens (tertiary/aromatic N) is 1. The van der Waals surface area contributed by atoms with Crippen molar-refractivity contribution < 1.29 is 14.7 Å². The van der Waals surface area contributed by atoms with Gasteiger partial charge >= 0.3 is 6.09 Å². The van der Waals surface area contributed by atoms with E-state index in [2.05, 4.69) is 5.32 Å². The van der Waals surface area contributed by atoms with E-state index in [1.165, 1.54) is 11.8 Å². The lowest BCUT2D eigenvalue weighted by molar-refractivity contribution is -0.115. The lowest BCUT2D eigenvalue weighted by atomic mass is 10.1. The molecule has 96 valence electrons. The first-order chi connectivity index (χ1) is 8.63. The highest BCUT2D eigenvalue weighted by Gasteiger charge is 2.29. The number of thioether (sulfide) groups is 1. The summed E-state index contributed by atoms with van der Waals surface area (Å²) in [6.07, 6.45) is -0.414. The van der Waals surface area contributed by atoms with E-state index in [0.717, 1.165) is 28.3 Å². The molecule has 0 bridgehead atoms. The Balaban J connectivity index is 2.35. The SMILES string of the molecule is CNCCc1ccc2c(c1)N(C(=O)O)C(=O)CS2. The zero-order valence-electron chi connectivity index (χ0n) is 9.97. The predicted octanol–water partition coefficient (Wildman–Crippen LogP) is 1.57. The summed E-state index contributed by atoms with van der Waals surface area (Å²) in [7, 11) is 1.86. The van der Waals surface area contributed by atoms with E-state index in [0.29, 0.717) is 5.69 Å². The van der Waals surface area contributed by atoms with Gasteiger partial charge in [-0.2, -0.15) is 0 Å². The number of hydrogen-bond acceptors (Lipinski definition) is 4. The normalized spacial score (nSPS) is 14.5. The number of amides is 2. The number of nitrogens with one attached hydrogen (secondary N) is 1. The average Bonchev–Trinajstić information content (AvgIpc) is 2.35. The van der Waals surface area contributed by atoms with Gasteiger partial charge in [-0.05, 0) is 37.7 Å². The fraction of sp³-hybridized carbons (Fsp3) is 0.333. The van der Waals surface area contributed by atoms with Gasteiger partial charge in [0.2, 0.25) is 5.91 Å². The zero-order valence-corrected chi connectivity index (χ0v) is 10.8. The summed E-state index contributed by atoms with van der Waals surface area (Å²) in [5.41, 5.74) is 1.50. The smallest absolute Gasteiger partial charge is 0.418 e. The van der Waals surface area contributed by atoms with Crippen LogP contribution in [0.2, 0.25) is 0 Å². The molecule has 0 saturated carbocycles. The molecule has 0 spiro atoms. The molecule has 1 aliphatic rings. The molecule has 0 aliphatic carbocycles. The van der Waals surface area contributed by atoms with Gasteiger partial charge in [0.1, 0.15) is 0 Å². The van der Waals surface area contributed by atoms with E-state index < -0.39 is 6.09 Å². The third kappa shape index (κ3) is 2.49. The largest absolute Gasteiger partial charge is 0.464 e. The molecular weight excluding hydrogens is 252 g/mol. The molecule has 1 aromatic rings. The van der Waals surface area contributed by atoms with Crippen LogP contribution in [0.4, 0.5) is 10.5 Å². The van der Waals surface area contributed by atoms with Crippen molar-refractivity contribution >= 4 is 29.4 Å². The van der Waals surface area contributed by atoms with Crippen LogP contribution in [-0.4, -0.2) is 36.5 Å². The van der Waals surface area contributed by atoms with Gasteiger partial charge < -0.3 is 10.4 Å². The van der Waals surface area contributed by atoms with E-state index in [4.69, 9.17) is 5.11 Å². The summed E-state index contributed by atoms with van der Waals surface area (Å²) in [4.78, 5) is 24.5. The fourth-order valence-corrected chi connectivity index (χ4v) is 2.70. The van der Waals surface area contributed by atoms with E-state index in [-0.39, 0.29) is 11.7 Å². The van der Waals surface area contributed by atoms with Gasteiger partial charge in [-0.1, -0.05) is 6.07 Å². The van der Waals surface area contributed by atoms with Crippen molar-refractivity contribution in [3.05, 3.63) is 23.8 Å². The second-order valence-corrected chi connectivity index (χ2v) is 4.97. The first kappa shape index (κ1) is 12.9. The minimum absolute atomic E-state index is 0.176. The number of carboxylic acid groups (broad SMARTS) is 1. The standard InChI is InChI=1S/C12H14N2O3S/c1-13-5-4-8-2-3-10-9(6-8)14(12(16)17)11(15)7-18-10/h2-3,6,13H,4-5,7H2,1H3,(H,16,17). The van der Waals surface area contributed by atoms with Crippen molar-refractivity contribution in [2.45, 2.75) is 11.3 Å². The van der Waals surface area contributed by atoms with Crippen LogP contribution >= 0.6 is 11.8 Å². The average molecular weight is 266 g/mol. The summed E-state index contributed by atoms with van der Waals surface area (Å²) in [6.45, 7) is 0.812. The maximum atomic E-state index is 11.6. The number of imide groups is 1. The minimum atomic E-state index is -1.22. The number of carbonyl (C=O) groups is 2. The fourth-order valence-electron chi connectivity index (χ4n) is 1.83. The van der Waals surface area contributed by atoms with Crippen molar-refractivity contribution in [3.8, 4) is 0 Å². The molecule has 5 nitrogen and oxygen atoms in total. The summed E-state index contributed by atoms with van der Waals surface area (Å²) < 4.78 is 0. The molecule has 0 aromatic heterocycles. The van der Waals surface area contributed by atoms with Crippen molar-refractivity contribution in [3.63, 3.8) is 0 Å².